The van der Waals surface area contributed by atoms with Crippen molar-refractivity contribution in [3.8, 4) is 5.75 Å². The monoisotopic (exact) mass is 320 g/mol. The molecule has 1 heterocycles. The highest BCUT2D eigenvalue weighted by atomic mass is 19.1. The summed E-state index contributed by atoms with van der Waals surface area (Å²) in [5, 5.41) is 2.91. The van der Waals surface area contributed by atoms with E-state index in [2.05, 4.69) is 5.32 Å². The number of ether oxygens (including phenoxy) is 1. The van der Waals surface area contributed by atoms with Gasteiger partial charge < -0.3 is 10.1 Å². The van der Waals surface area contributed by atoms with E-state index >= 15 is 0 Å². The summed E-state index contributed by atoms with van der Waals surface area (Å²) < 4.78 is 18.3. The van der Waals surface area contributed by atoms with Gasteiger partial charge in [-0.15, -0.1) is 0 Å². The van der Waals surface area contributed by atoms with Crippen molar-refractivity contribution in [2.24, 2.45) is 5.92 Å². The number of urea groups is 1. The molecule has 1 saturated carbocycles. The predicted molar refractivity (Wildman–Crippen MR) is 82.5 cm³/mol. The number of amides is 3. The van der Waals surface area contributed by atoms with Crippen molar-refractivity contribution >= 4 is 11.9 Å². The molecule has 0 bridgehead atoms. The summed E-state index contributed by atoms with van der Waals surface area (Å²) in [5.74, 6) is 0.187. The lowest BCUT2D eigenvalue weighted by Crippen LogP contribution is -2.54. The van der Waals surface area contributed by atoms with Crippen molar-refractivity contribution < 1.29 is 18.7 Å². The Morgan fingerprint density at radius 2 is 2.04 bits per heavy atom. The summed E-state index contributed by atoms with van der Waals surface area (Å²) in [4.78, 5) is 26.1. The first-order valence-corrected chi connectivity index (χ1v) is 8.05. The molecule has 2 atom stereocenters. The molecule has 1 N–H and O–H groups in total. The molecule has 6 heteroatoms. The fourth-order valence-corrected chi connectivity index (χ4v) is 3.48. The van der Waals surface area contributed by atoms with E-state index in [4.69, 9.17) is 4.74 Å². The maximum atomic E-state index is 12.8. The molecule has 23 heavy (non-hydrogen) atoms. The van der Waals surface area contributed by atoms with Gasteiger partial charge in [-0.05, 0) is 43.0 Å². The summed E-state index contributed by atoms with van der Waals surface area (Å²) in [6, 6.07) is 5.31. The van der Waals surface area contributed by atoms with Gasteiger partial charge in [0.15, 0.2) is 0 Å². The van der Waals surface area contributed by atoms with Gasteiger partial charge in [-0.2, -0.15) is 0 Å². The van der Waals surface area contributed by atoms with Crippen LogP contribution in [0.5, 0.6) is 5.75 Å². The van der Waals surface area contributed by atoms with Crippen molar-refractivity contribution in [2.45, 2.75) is 38.1 Å². The molecule has 0 radical (unpaired) electrons. The molecule has 5 nitrogen and oxygen atoms in total. The van der Waals surface area contributed by atoms with Crippen LogP contribution < -0.4 is 10.1 Å². The smallest absolute Gasteiger partial charge is 0.325 e. The number of hydrogen-bond donors (Lipinski definition) is 1. The van der Waals surface area contributed by atoms with Gasteiger partial charge in [0.2, 0.25) is 0 Å². The van der Waals surface area contributed by atoms with Crippen LogP contribution in [0, 0.1) is 11.7 Å². The molecule has 1 aromatic rings. The Kier molecular flexibility index (Phi) is 4.24. The Hall–Kier alpha value is -2.11. The molecule has 3 amide bonds. The van der Waals surface area contributed by atoms with E-state index in [1.165, 1.54) is 29.2 Å². The first kappa shape index (κ1) is 15.8. The maximum absolute atomic E-state index is 12.8. The molecular formula is C17H21FN2O3. The summed E-state index contributed by atoms with van der Waals surface area (Å²) in [7, 11) is 0. The maximum Gasteiger partial charge on any atom is 0.325 e. The fraction of sp³-hybridized carbons (Fsp3) is 0.529. The largest absolute Gasteiger partial charge is 0.492 e. The highest BCUT2D eigenvalue weighted by Gasteiger charge is 2.54. The van der Waals surface area contributed by atoms with Crippen LogP contribution in [0.15, 0.2) is 24.3 Å². The van der Waals surface area contributed by atoms with E-state index < -0.39 is 5.54 Å². The van der Waals surface area contributed by atoms with Gasteiger partial charge in [-0.25, -0.2) is 9.18 Å². The fourth-order valence-electron chi connectivity index (χ4n) is 3.48. The number of nitrogens with zero attached hydrogens (tertiary/aromatic N) is 1. The van der Waals surface area contributed by atoms with Gasteiger partial charge in [0.1, 0.15) is 23.7 Å². The SMILES string of the molecule is C[C@@H]1CCCC[C@]12NC(=O)N(CCOc1ccc(F)cc1)C2=O. The lowest BCUT2D eigenvalue weighted by atomic mass is 9.73. The molecule has 1 aliphatic carbocycles. The van der Waals surface area contributed by atoms with Crippen LogP contribution in [0.3, 0.4) is 0 Å². The summed E-state index contributed by atoms with van der Waals surface area (Å²) >= 11 is 0. The number of benzene rings is 1. The molecule has 124 valence electrons. The molecule has 2 aliphatic rings. The van der Waals surface area contributed by atoms with Gasteiger partial charge in [-0.3, -0.25) is 9.69 Å². The van der Waals surface area contributed by atoms with Crippen molar-refractivity contribution in [1.29, 1.82) is 0 Å². The first-order chi connectivity index (χ1) is 11.0. The van der Waals surface area contributed by atoms with Crippen LogP contribution in [-0.2, 0) is 4.79 Å². The minimum absolute atomic E-state index is 0.141. The Bertz CT molecular complexity index is 604. The minimum atomic E-state index is -0.731. The second kappa shape index (κ2) is 6.18. The third-order valence-corrected chi connectivity index (χ3v) is 4.90. The molecule has 0 aromatic heterocycles. The second-order valence-corrected chi connectivity index (χ2v) is 6.31. The summed E-state index contributed by atoms with van der Waals surface area (Å²) in [6.45, 7) is 2.40. The number of carbonyl (C=O) groups excluding carboxylic acids is 2. The Balaban J connectivity index is 1.61. The lowest BCUT2D eigenvalue weighted by molar-refractivity contribution is -0.134. The van der Waals surface area contributed by atoms with Crippen LogP contribution >= 0.6 is 0 Å². The quantitative estimate of drug-likeness (QED) is 0.868. The molecule has 1 saturated heterocycles. The van der Waals surface area contributed by atoms with Crippen LogP contribution in [0.2, 0.25) is 0 Å². The Labute approximate surface area is 134 Å². The first-order valence-electron chi connectivity index (χ1n) is 8.05. The van der Waals surface area contributed by atoms with Crippen molar-refractivity contribution in [3.63, 3.8) is 0 Å². The van der Waals surface area contributed by atoms with Gasteiger partial charge in [-0.1, -0.05) is 19.8 Å². The van der Waals surface area contributed by atoms with E-state index in [9.17, 15) is 14.0 Å². The normalized spacial score (nSPS) is 27.4. The van der Waals surface area contributed by atoms with E-state index in [0.29, 0.717) is 12.2 Å². The summed E-state index contributed by atoms with van der Waals surface area (Å²) in [5.41, 5.74) is -0.731. The van der Waals surface area contributed by atoms with E-state index in [0.717, 1.165) is 19.3 Å². The Morgan fingerprint density at radius 3 is 2.74 bits per heavy atom. The van der Waals surface area contributed by atoms with E-state index in [1.54, 1.807) is 0 Å². The van der Waals surface area contributed by atoms with Gasteiger partial charge in [0.25, 0.3) is 5.91 Å². The molecule has 1 spiro atoms. The zero-order valence-electron chi connectivity index (χ0n) is 13.2. The molecule has 1 aromatic carbocycles. The third-order valence-electron chi connectivity index (χ3n) is 4.90. The molecule has 3 rings (SSSR count). The van der Waals surface area contributed by atoms with Gasteiger partial charge in [0, 0.05) is 0 Å². The average molecular weight is 320 g/mol. The summed E-state index contributed by atoms with van der Waals surface area (Å²) in [6.07, 6.45) is 3.70. The van der Waals surface area contributed by atoms with Crippen LogP contribution in [0.1, 0.15) is 32.6 Å². The number of hydrogen-bond acceptors (Lipinski definition) is 3. The zero-order chi connectivity index (χ0) is 16.4. The van der Waals surface area contributed by atoms with Crippen molar-refractivity contribution in [2.75, 3.05) is 13.2 Å². The topological polar surface area (TPSA) is 58.6 Å². The van der Waals surface area contributed by atoms with Crippen LogP contribution in [-0.4, -0.2) is 35.5 Å². The van der Waals surface area contributed by atoms with Crippen molar-refractivity contribution in [1.82, 2.24) is 10.2 Å². The standard InChI is InChI=1S/C17H21FN2O3/c1-12-4-2-3-9-17(12)15(21)20(16(22)19-17)10-11-23-14-7-5-13(18)6-8-14/h5-8,12H,2-4,9-11H2,1H3,(H,19,22)/t12-,17+/m1/s1. The van der Waals surface area contributed by atoms with Crippen LogP contribution in [0.4, 0.5) is 9.18 Å². The highest BCUT2D eigenvalue weighted by molar-refractivity contribution is 6.07. The van der Waals surface area contributed by atoms with E-state index in [-0.39, 0.29) is 36.8 Å². The number of halogens is 1. The number of nitrogens with one attached hydrogen (secondary N) is 1. The number of rotatable bonds is 4. The third kappa shape index (κ3) is 2.90. The van der Waals surface area contributed by atoms with Crippen molar-refractivity contribution in [3.05, 3.63) is 30.1 Å². The zero-order valence-corrected chi connectivity index (χ0v) is 13.2. The molecular weight excluding hydrogens is 299 g/mol. The second-order valence-electron chi connectivity index (χ2n) is 6.31. The number of carbonyl (C=O) groups is 2. The van der Waals surface area contributed by atoms with Crippen LogP contribution in [0.25, 0.3) is 0 Å². The van der Waals surface area contributed by atoms with Gasteiger partial charge in [0.05, 0.1) is 6.54 Å². The highest BCUT2D eigenvalue weighted by Crippen LogP contribution is 2.38. The molecule has 2 fully saturated rings. The van der Waals surface area contributed by atoms with Gasteiger partial charge >= 0.3 is 6.03 Å². The minimum Gasteiger partial charge on any atom is -0.492 e. The predicted octanol–water partition coefficient (Wildman–Crippen LogP) is 2.71. The molecule has 1 aliphatic heterocycles. The molecule has 0 unspecified atom stereocenters. The lowest BCUT2D eigenvalue weighted by Gasteiger charge is -2.36. The average Bonchev–Trinajstić information content (AvgIpc) is 2.77. The van der Waals surface area contributed by atoms with E-state index in [1.807, 2.05) is 6.92 Å². The Morgan fingerprint density at radius 1 is 1.30 bits per heavy atom. The number of imide groups is 1.